The van der Waals surface area contributed by atoms with Crippen molar-refractivity contribution >= 4 is 84.2 Å². The van der Waals surface area contributed by atoms with Gasteiger partial charge in [-0.25, -0.2) is 34.7 Å². The van der Waals surface area contributed by atoms with E-state index < -0.39 is 21.8 Å². The number of carbonyl (C=O) groups excluding carboxylic acids is 4. The van der Waals surface area contributed by atoms with Crippen LogP contribution in [0, 0.1) is 50.2 Å². The third-order valence-electron chi connectivity index (χ3n) is 13.5. The second-order valence-electron chi connectivity index (χ2n) is 21.9. The van der Waals surface area contributed by atoms with Gasteiger partial charge in [0.15, 0.2) is 34.3 Å². The van der Waals surface area contributed by atoms with Gasteiger partial charge in [0.05, 0.1) is 64.9 Å². The van der Waals surface area contributed by atoms with Crippen molar-refractivity contribution in [2.45, 2.75) is 67.9 Å². The molecular weight excluding hydrogens is 1080 g/mol. The number of nitrogens with one attached hydrogen (secondary N) is 4. The quantitative estimate of drug-likeness (QED) is 0.0926. The number of amides is 1. The molecule has 8 aromatic rings. The largest absolute Gasteiger partial charge is 0.444 e. The number of hydrogen-bond donors (Lipinski definition) is 4. The lowest BCUT2D eigenvalue weighted by Gasteiger charge is -2.36. The normalized spacial score (nSPS) is 14.0. The van der Waals surface area contributed by atoms with Crippen LogP contribution in [0.4, 0.5) is 16.2 Å². The Bertz CT molecular complexity index is 3780. The first-order valence-electron chi connectivity index (χ1n) is 25.9. The standard InChI is InChI=1S/C26H30N6O3.C21H22N6O.C11H9BrN4O/c1-25(2,3)35-24(34)32-11-9-31(10-12-32)18-8-6-7-17(13-18)20-15-29-23-21(30-20)19(14-28-23)22(33)26(4,5)16-27;1-21(2,13-22)19(28)16-11-24-20-18(16)26-17(12-25-20)14-4-3-5-15(10-14)27-8-6-23-7-9-27;1-11(2,5-13)9(17)6-3-14-10-8(6)16-7(12)4-15-10/h6-8,13-15H,9-12H2,1-5H3,(H,28,29);3-5,10-12,23H,6-9H2,1-2H3,(H,24,25);3-4H,1-2H3,(H,14,15). The highest BCUT2D eigenvalue weighted by molar-refractivity contribution is 9.10. The molecule has 0 atom stereocenters. The van der Waals surface area contributed by atoms with Gasteiger partial charge in [0.2, 0.25) is 0 Å². The molecule has 10 rings (SSSR count). The summed E-state index contributed by atoms with van der Waals surface area (Å²) in [5.74, 6) is -0.824. The number of ether oxygens (including phenoxy) is 1. The fourth-order valence-corrected chi connectivity index (χ4v) is 9.01. The number of Topliss-reactive ketones (excluding diaryl/α,β-unsaturated/α-hetero) is 3. The number of nitriles is 3. The molecular formula is C58H61BrN16O5. The molecule has 22 heteroatoms. The highest BCUT2D eigenvalue weighted by Gasteiger charge is 2.34. The predicted molar refractivity (Wildman–Crippen MR) is 307 cm³/mol. The molecule has 80 heavy (non-hydrogen) atoms. The number of halogens is 1. The first-order valence-corrected chi connectivity index (χ1v) is 26.7. The van der Waals surface area contributed by atoms with Crippen LogP contribution in [0.5, 0.6) is 0 Å². The van der Waals surface area contributed by atoms with Crippen molar-refractivity contribution in [3.63, 3.8) is 0 Å². The van der Waals surface area contributed by atoms with Crippen molar-refractivity contribution in [1.82, 2.24) is 55.1 Å². The Morgan fingerprint density at radius 1 is 0.550 bits per heavy atom. The number of anilines is 2. The molecule has 2 aromatic carbocycles. The number of aromatic nitrogens is 9. The molecule has 0 bridgehead atoms. The van der Waals surface area contributed by atoms with Crippen molar-refractivity contribution in [2.75, 3.05) is 62.2 Å². The first-order chi connectivity index (χ1) is 37.9. The zero-order chi connectivity index (χ0) is 57.7. The van der Waals surface area contributed by atoms with Crippen molar-refractivity contribution in [3.05, 3.63) is 107 Å². The van der Waals surface area contributed by atoms with Gasteiger partial charge in [-0.3, -0.25) is 14.4 Å². The third kappa shape index (κ3) is 12.7. The van der Waals surface area contributed by atoms with Gasteiger partial charge in [-0.15, -0.1) is 0 Å². The Labute approximate surface area is 471 Å². The highest BCUT2D eigenvalue weighted by atomic mass is 79.9. The summed E-state index contributed by atoms with van der Waals surface area (Å²) in [7, 11) is 0. The number of hydrogen-bond acceptors (Lipinski definition) is 17. The van der Waals surface area contributed by atoms with E-state index in [9.17, 15) is 29.7 Å². The van der Waals surface area contributed by atoms with E-state index in [1.165, 1.54) is 0 Å². The number of carbonyl (C=O) groups is 4. The molecule has 1 amide bonds. The van der Waals surface area contributed by atoms with Gasteiger partial charge in [0.1, 0.15) is 43.0 Å². The van der Waals surface area contributed by atoms with Gasteiger partial charge < -0.3 is 39.7 Å². The Balaban J connectivity index is 0.000000167. The molecule has 0 radical (unpaired) electrons. The van der Waals surface area contributed by atoms with Crippen molar-refractivity contribution in [1.29, 1.82) is 15.8 Å². The molecule has 2 aliphatic heterocycles. The number of aromatic amines is 3. The third-order valence-corrected chi connectivity index (χ3v) is 13.8. The van der Waals surface area contributed by atoms with Gasteiger partial charge >= 0.3 is 6.09 Å². The molecule has 0 spiro atoms. The highest BCUT2D eigenvalue weighted by Crippen LogP contribution is 2.32. The van der Waals surface area contributed by atoms with E-state index in [-0.39, 0.29) is 23.4 Å². The van der Waals surface area contributed by atoms with E-state index in [1.807, 2.05) is 63.2 Å². The Morgan fingerprint density at radius 2 is 0.938 bits per heavy atom. The number of piperazine rings is 2. The summed E-state index contributed by atoms with van der Waals surface area (Å²) < 4.78 is 6.04. The summed E-state index contributed by atoms with van der Waals surface area (Å²) >= 11 is 3.20. The monoisotopic (exact) mass is 1140 g/mol. The second-order valence-corrected chi connectivity index (χ2v) is 22.7. The molecule has 0 saturated carbocycles. The van der Waals surface area contributed by atoms with Crippen LogP contribution < -0.4 is 15.1 Å². The van der Waals surface area contributed by atoms with E-state index in [0.717, 1.165) is 48.7 Å². The minimum Gasteiger partial charge on any atom is -0.444 e. The summed E-state index contributed by atoms with van der Waals surface area (Å²) in [4.78, 5) is 91.9. The number of benzene rings is 2. The van der Waals surface area contributed by atoms with Crippen LogP contribution in [-0.4, -0.2) is 131 Å². The SMILES string of the molecule is CC(C)(C#N)C(=O)c1c[nH]c2ncc(-c3cccc(N4CCNCC4)c3)nc12.CC(C)(C#N)C(=O)c1c[nH]c2ncc(Br)nc12.CC(C)(C)OC(=O)N1CCN(c2cccc(-c3cnc4[nH]cc(C(=O)C(C)(C)C#N)c4n3)c2)CC1. The van der Waals surface area contributed by atoms with Crippen molar-refractivity contribution < 1.29 is 23.9 Å². The van der Waals surface area contributed by atoms with Crippen LogP contribution in [0.25, 0.3) is 56.0 Å². The molecule has 0 aliphatic carbocycles. The molecule has 2 aliphatic rings. The number of ketones is 3. The van der Waals surface area contributed by atoms with Gasteiger partial charge in [-0.05, 0) is 103 Å². The maximum absolute atomic E-state index is 12.9. The molecule has 2 fully saturated rings. The van der Waals surface area contributed by atoms with Gasteiger partial charge in [-0.1, -0.05) is 24.3 Å². The summed E-state index contributed by atoms with van der Waals surface area (Å²) in [5, 5.41) is 31.0. The van der Waals surface area contributed by atoms with Crippen LogP contribution in [0.2, 0.25) is 0 Å². The van der Waals surface area contributed by atoms with Crippen LogP contribution in [-0.2, 0) is 4.74 Å². The minimum atomic E-state index is -1.16. The lowest BCUT2D eigenvalue weighted by Crippen LogP contribution is -2.50. The molecule has 2 saturated heterocycles. The van der Waals surface area contributed by atoms with Gasteiger partial charge in [0.25, 0.3) is 0 Å². The average molecular weight is 1140 g/mol. The fourth-order valence-electron chi connectivity index (χ4n) is 8.73. The summed E-state index contributed by atoms with van der Waals surface area (Å²) in [5.41, 5.74) is 5.61. The number of rotatable bonds is 10. The maximum Gasteiger partial charge on any atom is 0.410 e. The van der Waals surface area contributed by atoms with Gasteiger partial charge in [-0.2, -0.15) is 15.8 Å². The van der Waals surface area contributed by atoms with Crippen LogP contribution in [0.3, 0.4) is 0 Å². The molecule has 6 aromatic heterocycles. The van der Waals surface area contributed by atoms with Crippen molar-refractivity contribution in [2.24, 2.45) is 16.2 Å². The summed E-state index contributed by atoms with van der Waals surface area (Å²) in [6.45, 7) is 21.6. The molecule has 0 unspecified atom stereocenters. The average Bonchev–Trinajstić information content (AvgIpc) is 4.21. The van der Waals surface area contributed by atoms with Crippen LogP contribution in [0.15, 0.2) is 90.3 Å². The van der Waals surface area contributed by atoms with Crippen molar-refractivity contribution in [3.8, 4) is 40.7 Å². The van der Waals surface area contributed by atoms with E-state index in [0.29, 0.717) is 92.4 Å². The summed E-state index contributed by atoms with van der Waals surface area (Å²) in [6.07, 6.45) is 9.33. The number of H-pyrrole nitrogens is 3. The van der Waals surface area contributed by atoms with E-state index >= 15 is 0 Å². The Kier molecular flexibility index (Phi) is 16.6. The zero-order valence-corrected chi connectivity index (χ0v) is 47.6. The van der Waals surface area contributed by atoms with E-state index in [1.54, 1.807) is 83.6 Å². The van der Waals surface area contributed by atoms with Crippen LogP contribution >= 0.6 is 15.9 Å². The Hall–Kier alpha value is -8.91. The number of nitrogens with zero attached hydrogens (tertiary/aromatic N) is 12. The second kappa shape index (κ2) is 23.2. The maximum atomic E-state index is 12.9. The Morgan fingerprint density at radius 3 is 1.34 bits per heavy atom. The predicted octanol–water partition coefficient (Wildman–Crippen LogP) is 9.63. The molecule has 4 N–H and O–H groups in total. The molecule has 21 nitrogen and oxygen atoms in total. The van der Waals surface area contributed by atoms with Gasteiger partial charge in [0, 0.05) is 93.5 Å². The smallest absolute Gasteiger partial charge is 0.410 e. The molecule has 410 valence electrons. The summed E-state index contributed by atoms with van der Waals surface area (Å²) in [6, 6.07) is 22.3. The van der Waals surface area contributed by atoms with E-state index in [2.05, 4.69) is 90.2 Å². The zero-order valence-electron chi connectivity index (χ0n) is 46.0. The lowest BCUT2D eigenvalue weighted by molar-refractivity contribution is 0.0240. The topological polar surface area (TPSA) is 295 Å². The first kappa shape index (κ1) is 57.3. The van der Waals surface area contributed by atoms with E-state index in [4.69, 9.17) is 20.0 Å². The lowest BCUT2D eigenvalue weighted by atomic mass is 9.86. The molecule has 8 heterocycles. The minimum absolute atomic E-state index is 0.262. The number of fused-ring (bicyclic) bond motifs is 3. The fraction of sp³-hybridized carbons (Fsp3) is 0.362. The van der Waals surface area contributed by atoms with Crippen LogP contribution in [0.1, 0.15) is 93.4 Å².